The molecule has 332 valence electrons. The van der Waals surface area contributed by atoms with Gasteiger partial charge in [0.2, 0.25) is 0 Å². The zero-order valence-corrected chi connectivity index (χ0v) is 38.4. The maximum atomic E-state index is 12.7. The lowest BCUT2D eigenvalue weighted by atomic mass is 10.1. The molecule has 0 aromatic carbocycles. The van der Waals surface area contributed by atoms with E-state index < -0.39 is 13.9 Å². The molecule has 0 heterocycles. The predicted octanol–water partition coefficient (Wildman–Crippen LogP) is 13.1. The van der Waals surface area contributed by atoms with Crippen LogP contribution < -0.4 is 4.89 Å². The second kappa shape index (κ2) is 41.0. The van der Waals surface area contributed by atoms with Crippen molar-refractivity contribution in [2.45, 2.75) is 187 Å². The smallest absolute Gasteiger partial charge is 0.306 e. The summed E-state index contributed by atoms with van der Waals surface area (Å²) < 4.78 is 34.6. The predicted molar refractivity (Wildman–Crippen MR) is 240 cm³/mol. The van der Waals surface area contributed by atoms with Crippen LogP contribution >= 0.6 is 7.82 Å². The Balaban J connectivity index is 4.22. The lowest BCUT2D eigenvalue weighted by Crippen LogP contribution is -2.37. The molecule has 0 saturated carbocycles. The Morgan fingerprint density at radius 3 is 1.54 bits per heavy atom. The van der Waals surface area contributed by atoms with Crippen molar-refractivity contribution in [3.05, 3.63) is 60.8 Å². The van der Waals surface area contributed by atoms with Crippen LogP contribution in [0.4, 0.5) is 0 Å². The lowest BCUT2D eigenvalue weighted by molar-refractivity contribution is -0.870. The van der Waals surface area contributed by atoms with E-state index in [9.17, 15) is 14.3 Å². The van der Waals surface area contributed by atoms with Crippen LogP contribution in [0.2, 0.25) is 0 Å². The molecule has 2 atom stereocenters. The summed E-state index contributed by atoms with van der Waals surface area (Å²) in [5.74, 6) is -0.346. The van der Waals surface area contributed by atoms with Crippen molar-refractivity contribution in [2.24, 2.45) is 0 Å². The number of phosphoric acid groups is 1. The van der Waals surface area contributed by atoms with E-state index in [4.69, 9.17) is 18.5 Å². The largest absolute Gasteiger partial charge is 0.756 e. The molecular formula is C48H88NO7P. The molecule has 0 aromatic rings. The molecular weight excluding hydrogens is 734 g/mol. The van der Waals surface area contributed by atoms with Crippen molar-refractivity contribution in [2.75, 3.05) is 54.1 Å². The maximum Gasteiger partial charge on any atom is 0.306 e. The number of hydrogen-bond acceptors (Lipinski definition) is 7. The first kappa shape index (κ1) is 55.2. The average molecular weight is 822 g/mol. The monoisotopic (exact) mass is 822 g/mol. The number of esters is 1. The summed E-state index contributed by atoms with van der Waals surface area (Å²) in [6, 6.07) is 0. The summed E-state index contributed by atoms with van der Waals surface area (Å²) in [4.78, 5) is 25.1. The molecule has 0 aliphatic carbocycles. The van der Waals surface area contributed by atoms with Gasteiger partial charge in [-0.05, 0) is 77.0 Å². The Morgan fingerprint density at radius 1 is 0.561 bits per heavy atom. The van der Waals surface area contributed by atoms with Gasteiger partial charge >= 0.3 is 5.97 Å². The second-order valence-electron chi connectivity index (χ2n) is 16.4. The van der Waals surface area contributed by atoms with Crippen molar-refractivity contribution < 1.29 is 37.3 Å². The number of unbranched alkanes of at least 4 members (excludes halogenated alkanes) is 18. The number of carbonyl (C=O) groups is 1. The molecule has 0 spiro atoms. The Hall–Kier alpha value is -1.80. The Labute approximate surface area is 351 Å². The van der Waals surface area contributed by atoms with Crippen LogP contribution in [-0.4, -0.2) is 70.7 Å². The fourth-order valence-electron chi connectivity index (χ4n) is 6.00. The summed E-state index contributed by atoms with van der Waals surface area (Å²) >= 11 is 0. The number of phosphoric ester groups is 1. The highest BCUT2D eigenvalue weighted by Gasteiger charge is 2.20. The van der Waals surface area contributed by atoms with E-state index in [2.05, 4.69) is 74.6 Å². The number of allylic oxidation sites excluding steroid dienone is 10. The van der Waals surface area contributed by atoms with Gasteiger partial charge in [0.15, 0.2) is 0 Å². The van der Waals surface area contributed by atoms with Crippen LogP contribution in [0.5, 0.6) is 0 Å². The van der Waals surface area contributed by atoms with E-state index in [-0.39, 0.29) is 25.8 Å². The molecule has 2 unspecified atom stereocenters. The van der Waals surface area contributed by atoms with Gasteiger partial charge in [0.1, 0.15) is 19.3 Å². The molecule has 0 N–H and O–H groups in total. The molecule has 0 radical (unpaired) electrons. The van der Waals surface area contributed by atoms with Crippen molar-refractivity contribution >= 4 is 13.8 Å². The highest BCUT2D eigenvalue weighted by Crippen LogP contribution is 2.38. The summed E-state index contributed by atoms with van der Waals surface area (Å²) in [6.45, 7) is 5.26. The average Bonchev–Trinajstić information content (AvgIpc) is 3.16. The van der Waals surface area contributed by atoms with Crippen LogP contribution in [-0.2, 0) is 27.9 Å². The van der Waals surface area contributed by atoms with Crippen LogP contribution in [0.1, 0.15) is 181 Å². The molecule has 9 heteroatoms. The van der Waals surface area contributed by atoms with Gasteiger partial charge in [0.25, 0.3) is 7.82 Å². The van der Waals surface area contributed by atoms with E-state index in [0.717, 1.165) is 64.2 Å². The SMILES string of the molecule is CC/C=C\C/C=C\C/C=C\C/C=C\CCCCCCCCCCC(=O)OC(COCCCCCCCC/C=C\CCCCCC)COP(=O)([O-])OCC[N+](C)(C)C. The summed E-state index contributed by atoms with van der Waals surface area (Å²) in [5, 5.41) is 0. The molecule has 0 amide bonds. The first-order valence-electron chi connectivity index (χ1n) is 23.0. The maximum absolute atomic E-state index is 12.7. The van der Waals surface area contributed by atoms with Gasteiger partial charge in [-0.1, -0.05) is 158 Å². The second-order valence-corrected chi connectivity index (χ2v) is 17.8. The van der Waals surface area contributed by atoms with Gasteiger partial charge in [0, 0.05) is 13.0 Å². The van der Waals surface area contributed by atoms with Crippen LogP contribution in [0.25, 0.3) is 0 Å². The normalized spacial score (nSPS) is 14.3. The first-order chi connectivity index (χ1) is 27.6. The number of ether oxygens (including phenoxy) is 2. The first-order valence-corrected chi connectivity index (χ1v) is 24.5. The van der Waals surface area contributed by atoms with E-state index >= 15 is 0 Å². The fraction of sp³-hybridized carbons (Fsp3) is 0.771. The number of carbonyl (C=O) groups excluding carboxylic acids is 1. The van der Waals surface area contributed by atoms with Gasteiger partial charge in [0.05, 0.1) is 34.4 Å². The van der Waals surface area contributed by atoms with Gasteiger partial charge < -0.3 is 27.9 Å². The van der Waals surface area contributed by atoms with Crippen molar-refractivity contribution in [3.8, 4) is 0 Å². The quantitative estimate of drug-likeness (QED) is 0.0199. The number of likely N-dealkylation sites (N-methyl/N-ethyl adjacent to an activating group) is 1. The van der Waals surface area contributed by atoms with Crippen molar-refractivity contribution in [3.63, 3.8) is 0 Å². The van der Waals surface area contributed by atoms with Crippen molar-refractivity contribution in [1.82, 2.24) is 0 Å². The fourth-order valence-corrected chi connectivity index (χ4v) is 6.73. The number of rotatable bonds is 42. The van der Waals surface area contributed by atoms with E-state index in [0.29, 0.717) is 24.1 Å². The van der Waals surface area contributed by atoms with E-state index in [1.165, 1.54) is 96.3 Å². The van der Waals surface area contributed by atoms with Crippen LogP contribution in [0.15, 0.2) is 60.8 Å². The molecule has 0 aliphatic rings. The third kappa shape index (κ3) is 45.1. The number of nitrogens with zero attached hydrogens (tertiary/aromatic N) is 1. The summed E-state index contributed by atoms with van der Waals surface area (Å²) in [7, 11) is 1.34. The number of quaternary nitrogens is 1. The van der Waals surface area contributed by atoms with Gasteiger partial charge in [-0.3, -0.25) is 9.36 Å². The molecule has 0 fully saturated rings. The minimum absolute atomic E-state index is 0.0209. The molecule has 0 bridgehead atoms. The van der Waals surface area contributed by atoms with Gasteiger partial charge in [-0.25, -0.2) is 0 Å². The topological polar surface area (TPSA) is 94.1 Å². The third-order valence-electron chi connectivity index (χ3n) is 9.55. The highest BCUT2D eigenvalue weighted by atomic mass is 31.2. The minimum Gasteiger partial charge on any atom is -0.756 e. The summed E-state index contributed by atoms with van der Waals surface area (Å²) in [5.41, 5.74) is 0. The summed E-state index contributed by atoms with van der Waals surface area (Å²) in [6.07, 6.45) is 50.9. The molecule has 0 rings (SSSR count). The third-order valence-corrected chi connectivity index (χ3v) is 10.5. The van der Waals surface area contributed by atoms with Crippen molar-refractivity contribution in [1.29, 1.82) is 0 Å². The Kier molecular flexibility index (Phi) is 39.7. The zero-order chi connectivity index (χ0) is 42.0. The molecule has 0 saturated heterocycles. The van der Waals surface area contributed by atoms with E-state index in [1.807, 2.05) is 21.1 Å². The Bertz CT molecular complexity index is 1090. The lowest BCUT2D eigenvalue weighted by Gasteiger charge is -2.28. The molecule has 57 heavy (non-hydrogen) atoms. The molecule has 0 aliphatic heterocycles. The zero-order valence-electron chi connectivity index (χ0n) is 37.5. The minimum atomic E-state index is -4.53. The highest BCUT2D eigenvalue weighted by molar-refractivity contribution is 7.45. The molecule has 8 nitrogen and oxygen atoms in total. The Morgan fingerprint density at radius 2 is 1.02 bits per heavy atom. The standard InChI is InChI=1S/C48H88NO7P/c1-6-8-10-12-14-16-18-20-22-23-24-25-26-27-28-29-31-33-35-37-39-41-48(50)56-47(46-55-57(51,52)54-44-42-49(3,4)5)45-53-43-40-38-36-34-32-30-21-19-17-15-13-11-9-7-2/h8,10,14,16-17,19-20,22,24-25,47H,6-7,9,11-13,15,18,21,23,26-46H2,1-5H3/b10-8-,16-14-,19-17-,22-20-,25-24-. The van der Waals surface area contributed by atoms with Gasteiger partial charge in [-0.15, -0.1) is 0 Å². The van der Waals surface area contributed by atoms with Crippen LogP contribution in [0, 0.1) is 0 Å². The van der Waals surface area contributed by atoms with E-state index in [1.54, 1.807) is 0 Å². The molecule has 0 aromatic heterocycles. The van der Waals surface area contributed by atoms with Gasteiger partial charge in [-0.2, -0.15) is 0 Å². The number of hydrogen-bond donors (Lipinski definition) is 0. The van der Waals surface area contributed by atoms with Crippen LogP contribution in [0.3, 0.4) is 0 Å².